The van der Waals surface area contributed by atoms with Gasteiger partial charge in [0.05, 0.1) is 0 Å². The second kappa shape index (κ2) is 3.24. The summed E-state index contributed by atoms with van der Waals surface area (Å²) >= 11 is 0. The summed E-state index contributed by atoms with van der Waals surface area (Å²) in [6, 6.07) is 4.05. The first-order chi connectivity index (χ1) is 5.68. The predicted octanol–water partition coefficient (Wildman–Crippen LogP) is 0.766. The Morgan fingerprint density at radius 3 is 2.85 bits per heavy atom. The average Bonchev–Trinajstić information content (AvgIpc) is 2.28. The summed E-state index contributed by atoms with van der Waals surface area (Å²) in [5, 5.41) is 11.6. The van der Waals surface area contributed by atoms with Gasteiger partial charge in [0.2, 0.25) is 5.91 Å². The zero-order chi connectivity index (χ0) is 8.72. The summed E-state index contributed by atoms with van der Waals surface area (Å²) in [7, 11) is 0. The van der Waals surface area contributed by atoms with Gasteiger partial charge in [0.15, 0.2) is 0 Å². The van der Waals surface area contributed by atoms with Crippen LogP contribution in [0.1, 0.15) is 11.6 Å². The Hall–Kier alpha value is -1.26. The Morgan fingerprint density at radius 2 is 2.15 bits per heavy atom. The minimum absolute atomic E-state index is 0. The van der Waals surface area contributed by atoms with Crippen molar-refractivity contribution >= 4 is 24.0 Å². The van der Waals surface area contributed by atoms with Gasteiger partial charge in [-0.15, -0.1) is 12.4 Å². The molecule has 70 valence electrons. The van der Waals surface area contributed by atoms with Crippen molar-refractivity contribution in [2.45, 2.75) is 6.04 Å². The van der Waals surface area contributed by atoms with Gasteiger partial charge in [-0.2, -0.15) is 0 Å². The van der Waals surface area contributed by atoms with Gasteiger partial charge in [-0.25, -0.2) is 0 Å². The number of hydrogen-bond donors (Lipinski definition) is 3. The third-order valence-electron chi connectivity index (χ3n) is 1.91. The van der Waals surface area contributed by atoms with E-state index in [1.807, 2.05) is 0 Å². The van der Waals surface area contributed by atoms with E-state index in [1.165, 1.54) is 12.1 Å². The van der Waals surface area contributed by atoms with Crippen molar-refractivity contribution in [3.63, 3.8) is 0 Å². The van der Waals surface area contributed by atoms with Crippen LogP contribution in [0.3, 0.4) is 0 Å². The molecule has 2 rings (SSSR count). The van der Waals surface area contributed by atoms with Crippen molar-refractivity contribution in [1.82, 2.24) is 0 Å². The number of nitrogens with one attached hydrogen (secondary N) is 1. The number of benzene rings is 1. The molecular weight excluding hydrogens is 192 g/mol. The maximum Gasteiger partial charge on any atom is 0.245 e. The van der Waals surface area contributed by atoms with Crippen LogP contribution < -0.4 is 11.1 Å². The molecule has 1 amide bonds. The zero-order valence-electron chi connectivity index (χ0n) is 6.65. The maximum atomic E-state index is 11.0. The smallest absolute Gasteiger partial charge is 0.245 e. The molecule has 0 radical (unpaired) electrons. The molecule has 1 heterocycles. The van der Waals surface area contributed by atoms with Crippen LogP contribution in [0.2, 0.25) is 0 Å². The van der Waals surface area contributed by atoms with E-state index >= 15 is 0 Å². The lowest BCUT2D eigenvalue weighted by molar-refractivity contribution is -0.116. The Bertz CT molecular complexity index is 354. The van der Waals surface area contributed by atoms with E-state index in [1.54, 1.807) is 6.07 Å². The Morgan fingerprint density at radius 1 is 1.46 bits per heavy atom. The summed E-state index contributed by atoms with van der Waals surface area (Å²) < 4.78 is 0. The van der Waals surface area contributed by atoms with Gasteiger partial charge >= 0.3 is 0 Å². The first-order valence-corrected chi connectivity index (χ1v) is 3.58. The molecule has 4 nitrogen and oxygen atoms in total. The molecule has 0 saturated heterocycles. The van der Waals surface area contributed by atoms with Gasteiger partial charge in [0.25, 0.3) is 0 Å². The summed E-state index contributed by atoms with van der Waals surface area (Å²) in [6.45, 7) is 0. The number of phenolic OH excluding ortho intramolecular Hbond substituents is 1. The molecule has 13 heavy (non-hydrogen) atoms. The van der Waals surface area contributed by atoms with E-state index in [-0.39, 0.29) is 24.1 Å². The minimum atomic E-state index is -0.597. The first kappa shape index (κ1) is 9.83. The van der Waals surface area contributed by atoms with Crippen LogP contribution in [-0.4, -0.2) is 11.0 Å². The molecule has 0 fully saturated rings. The molecule has 5 heteroatoms. The van der Waals surface area contributed by atoms with Gasteiger partial charge in [-0.05, 0) is 6.07 Å². The highest BCUT2D eigenvalue weighted by molar-refractivity contribution is 6.02. The van der Waals surface area contributed by atoms with Crippen molar-refractivity contribution in [3.8, 4) is 5.75 Å². The van der Waals surface area contributed by atoms with Crippen LogP contribution in [0, 0.1) is 0 Å². The molecule has 1 unspecified atom stereocenters. The highest BCUT2D eigenvalue weighted by Gasteiger charge is 2.26. The molecular formula is C8H9ClN2O2. The van der Waals surface area contributed by atoms with E-state index < -0.39 is 6.04 Å². The van der Waals surface area contributed by atoms with Crippen molar-refractivity contribution in [2.24, 2.45) is 5.73 Å². The van der Waals surface area contributed by atoms with Crippen molar-refractivity contribution in [2.75, 3.05) is 5.32 Å². The standard InChI is InChI=1S/C8H8N2O2.ClH/c9-7-5-2-1-4(11)3-6(5)10-8(7)12;/h1-3,7,11H,9H2,(H,10,12);1H. The van der Waals surface area contributed by atoms with Crippen LogP contribution in [0.15, 0.2) is 18.2 Å². The second-order valence-electron chi connectivity index (χ2n) is 2.74. The largest absolute Gasteiger partial charge is 0.508 e. The second-order valence-corrected chi connectivity index (χ2v) is 2.74. The van der Waals surface area contributed by atoms with Crippen LogP contribution >= 0.6 is 12.4 Å². The van der Waals surface area contributed by atoms with Crippen LogP contribution in [0.4, 0.5) is 5.69 Å². The first-order valence-electron chi connectivity index (χ1n) is 3.58. The molecule has 0 saturated carbocycles. The normalized spacial score (nSPS) is 18.8. The summed E-state index contributed by atoms with van der Waals surface area (Å²) in [5.41, 5.74) is 6.88. The highest BCUT2D eigenvalue weighted by Crippen LogP contribution is 2.31. The molecule has 1 aromatic rings. The quantitative estimate of drug-likeness (QED) is 0.579. The molecule has 1 aliphatic heterocycles. The third-order valence-corrected chi connectivity index (χ3v) is 1.91. The van der Waals surface area contributed by atoms with Crippen LogP contribution in [0.25, 0.3) is 0 Å². The lowest BCUT2D eigenvalue weighted by Gasteiger charge is -1.99. The van der Waals surface area contributed by atoms with Crippen LogP contribution in [-0.2, 0) is 4.79 Å². The molecule has 1 aliphatic rings. The average molecular weight is 201 g/mol. The number of aromatic hydroxyl groups is 1. The van der Waals surface area contributed by atoms with Crippen molar-refractivity contribution < 1.29 is 9.90 Å². The van der Waals surface area contributed by atoms with E-state index in [2.05, 4.69) is 5.32 Å². The number of nitrogens with two attached hydrogens (primary N) is 1. The number of halogens is 1. The lowest BCUT2D eigenvalue weighted by atomic mass is 10.1. The minimum Gasteiger partial charge on any atom is -0.508 e. The molecule has 1 aromatic carbocycles. The maximum absolute atomic E-state index is 11.0. The predicted molar refractivity (Wildman–Crippen MR) is 50.9 cm³/mol. The number of amides is 1. The van der Waals surface area contributed by atoms with Crippen LogP contribution in [0.5, 0.6) is 5.75 Å². The van der Waals surface area contributed by atoms with Crippen molar-refractivity contribution in [3.05, 3.63) is 23.8 Å². The Kier molecular flexibility index (Phi) is 2.45. The molecule has 4 N–H and O–H groups in total. The van der Waals surface area contributed by atoms with Gasteiger partial charge in [0, 0.05) is 17.3 Å². The number of carbonyl (C=O) groups excluding carboxylic acids is 1. The number of anilines is 1. The Labute approximate surface area is 81.2 Å². The fourth-order valence-corrected chi connectivity index (χ4v) is 1.28. The van der Waals surface area contributed by atoms with Crippen molar-refractivity contribution in [1.29, 1.82) is 0 Å². The summed E-state index contributed by atoms with van der Waals surface area (Å²) in [6.07, 6.45) is 0. The van der Waals surface area contributed by atoms with E-state index in [0.717, 1.165) is 5.56 Å². The Balaban J connectivity index is 0.000000845. The number of phenols is 1. The summed E-state index contributed by atoms with van der Waals surface area (Å²) in [4.78, 5) is 11.0. The third kappa shape index (κ3) is 1.46. The molecule has 0 spiro atoms. The molecule has 0 aromatic heterocycles. The lowest BCUT2D eigenvalue weighted by Crippen LogP contribution is -2.19. The van der Waals surface area contributed by atoms with Gasteiger partial charge in [0.1, 0.15) is 11.8 Å². The molecule has 0 aliphatic carbocycles. The van der Waals surface area contributed by atoms with Gasteiger partial charge in [-0.3, -0.25) is 4.79 Å². The topological polar surface area (TPSA) is 75.4 Å². The molecule has 0 bridgehead atoms. The van der Waals surface area contributed by atoms with Gasteiger partial charge in [-0.1, -0.05) is 6.07 Å². The van der Waals surface area contributed by atoms with E-state index in [9.17, 15) is 4.79 Å². The zero-order valence-corrected chi connectivity index (χ0v) is 7.47. The fourth-order valence-electron chi connectivity index (χ4n) is 1.28. The number of carbonyl (C=O) groups is 1. The highest BCUT2D eigenvalue weighted by atomic mass is 35.5. The number of hydrogen-bond acceptors (Lipinski definition) is 3. The fraction of sp³-hybridized carbons (Fsp3) is 0.125. The van der Waals surface area contributed by atoms with E-state index in [4.69, 9.17) is 10.8 Å². The van der Waals surface area contributed by atoms with E-state index in [0.29, 0.717) is 5.69 Å². The SMILES string of the molecule is Cl.NC1C(=O)Nc2cc(O)ccc21. The summed E-state index contributed by atoms with van der Waals surface area (Å²) in [5.74, 6) is -0.0984. The van der Waals surface area contributed by atoms with Gasteiger partial charge < -0.3 is 16.2 Å². The number of rotatable bonds is 0. The monoisotopic (exact) mass is 200 g/mol. The number of fused-ring (bicyclic) bond motifs is 1. The molecule has 1 atom stereocenters.